The zero-order chi connectivity index (χ0) is 17.3. The maximum Gasteiger partial charge on any atom is 0.270 e. The number of aryl methyl sites for hydroxylation is 2. The van der Waals surface area contributed by atoms with Gasteiger partial charge < -0.3 is 4.42 Å². The number of rotatable bonds is 3. The Kier molecular flexibility index (Phi) is 4.73. The van der Waals surface area contributed by atoms with Crippen LogP contribution in [0.1, 0.15) is 23.8 Å². The van der Waals surface area contributed by atoms with Crippen LogP contribution in [0.5, 0.6) is 0 Å². The Bertz CT molecular complexity index is 863. The van der Waals surface area contributed by atoms with E-state index in [1.807, 2.05) is 57.2 Å². The molecule has 0 unspecified atom stereocenters. The first-order valence-electron chi connectivity index (χ1n) is 7.53. The quantitative estimate of drug-likeness (QED) is 0.556. The molecule has 0 spiro atoms. The summed E-state index contributed by atoms with van der Waals surface area (Å²) in [6.45, 7) is 5.96. The molecule has 1 aromatic heterocycles. The zero-order valence-electron chi connectivity index (χ0n) is 13.7. The first-order valence-corrected chi connectivity index (χ1v) is 8.75. The van der Waals surface area contributed by atoms with Crippen LogP contribution in [0, 0.1) is 13.8 Å². The fourth-order valence-corrected chi connectivity index (χ4v) is 3.91. The molecule has 0 aliphatic carbocycles. The van der Waals surface area contributed by atoms with Crippen LogP contribution in [-0.4, -0.2) is 10.2 Å². The average molecular weight is 355 g/mol. The maximum absolute atomic E-state index is 12.8. The molecule has 1 amide bonds. The van der Waals surface area contributed by atoms with E-state index in [1.165, 1.54) is 11.8 Å². The van der Waals surface area contributed by atoms with Gasteiger partial charge in [0.05, 0.1) is 16.9 Å². The standard InChI is InChI=1S/C19H17NO2S2/c1-12-6-7-16(14(3)9-12)20-18(21)17(24-19(20)23)11-13(2)10-15-5-4-8-22-15/h4-11H,1-3H3. The summed E-state index contributed by atoms with van der Waals surface area (Å²) < 4.78 is 5.86. The Hall–Kier alpha value is -2.11. The molecule has 3 nitrogen and oxygen atoms in total. The lowest BCUT2D eigenvalue weighted by Gasteiger charge is -2.17. The summed E-state index contributed by atoms with van der Waals surface area (Å²) in [6, 6.07) is 9.70. The smallest absolute Gasteiger partial charge is 0.270 e. The zero-order valence-corrected chi connectivity index (χ0v) is 15.3. The van der Waals surface area contributed by atoms with Gasteiger partial charge in [0.15, 0.2) is 4.32 Å². The molecular weight excluding hydrogens is 338 g/mol. The van der Waals surface area contributed by atoms with Crippen molar-refractivity contribution in [2.24, 2.45) is 0 Å². The van der Waals surface area contributed by atoms with Crippen LogP contribution < -0.4 is 4.90 Å². The Morgan fingerprint density at radius 1 is 1.29 bits per heavy atom. The number of hydrogen-bond donors (Lipinski definition) is 0. The van der Waals surface area contributed by atoms with Crippen LogP contribution in [0.4, 0.5) is 5.69 Å². The Morgan fingerprint density at radius 3 is 2.75 bits per heavy atom. The van der Waals surface area contributed by atoms with Crippen molar-refractivity contribution in [3.05, 3.63) is 70.0 Å². The summed E-state index contributed by atoms with van der Waals surface area (Å²) in [4.78, 5) is 15.0. The summed E-state index contributed by atoms with van der Waals surface area (Å²) >= 11 is 6.76. The maximum atomic E-state index is 12.8. The van der Waals surface area contributed by atoms with Gasteiger partial charge in [0.1, 0.15) is 5.76 Å². The monoisotopic (exact) mass is 355 g/mol. The minimum atomic E-state index is -0.0795. The number of carbonyl (C=O) groups excluding carboxylic acids is 1. The van der Waals surface area contributed by atoms with Crippen LogP contribution in [-0.2, 0) is 4.79 Å². The van der Waals surface area contributed by atoms with Gasteiger partial charge >= 0.3 is 0 Å². The highest BCUT2D eigenvalue weighted by Gasteiger charge is 2.33. The van der Waals surface area contributed by atoms with Crippen LogP contribution >= 0.6 is 24.0 Å². The Balaban J connectivity index is 1.90. The SMILES string of the molecule is CC(=Cc1ccco1)C=C1SC(=S)N(c2ccc(C)cc2C)C1=O. The van der Waals surface area contributed by atoms with Crippen LogP contribution in [0.2, 0.25) is 0 Å². The lowest BCUT2D eigenvalue weighted by Crippen LogP contribution is -2.28. The summed E-state index contributed by atoms with van der Waals surface area (Å²) in [6.07, 6.45) is 5.37. The molecule has 1 fully saturated rings. The van der Waals surface area contributed by atoms with E-state index >= 15 is 0 Å². The first-order chi connectivity index (χ1) is 11.5. The van der Waals surface area contributed by atoms with E-state index in [-0.39, 0.29) is 5.91 Å². The fraction of sp³-hybridized carbons (Fsp3) is 0.158. The van der Waals surface area contributed by atoms with E-state index in [0.29, 0.717) is 9.23 Å². The number of thioether (sulfide) groups is 1. The topological polar surface area (TPSA) is 33.5 Å². The molecule has 122 valence electrons. The predicted octanol–water partition coefficient (Wildman–Crippen LogP) is 5.25. The number of nitrogens with zero attached hydrogens (tertiary/aromatic N) is 1. The Labute approximate surface area is 151 Å². The number of allylic oxidation sites excluding steroid dienone is 2. The second-order valence-electron chi connectivity index (χ2n) is 5.71. The summed E-state index contributed by atoms with van der Waals surface area (Å²) in [7, 11) is 0. The molecule has 1 aliphatic heterocycles. The van der Waals surface area contributed by atoms with Gasteiger partial charge in [-0.25, -0.2) is 0 Å². The van der Waals surface area contributed by atoms with E-state index in [4.69, 9.17) is 16.6 Å². The summed E-state index contributed by atoms with van der Waals surface area (Å²) in [5.41, 5.74) is 3.98. The second-order valence-corrected chi connectivity index (χ2v) is 7.39. The highest BCUT2D eigenvalue weighted by atomic mass is 32.2. The Morgan fingerprint density at radius 2 is 2.08 bits per heavy atom. The number of carbonyl (C=O) groups is 1. The van der Waals surface area contributed by atoms with Gasteiger partial charge in [-0.1, -0.05) is 41.7 Å². The van der Waals surface area contributed by atoms with Gasteiger partial charge in [-0.15, -0.1) is 0 Å². The van der Waals surface area contributed by atoms with Crippen LogP contribution in [0.3, 0.4) is 0 Å². The van der Waals surface area contributed by atoms with Crippen molar-refractivity contribution in [3.63, 3.8) is 0 Å². The summed E-state index contributed by atoms with van der Waals surface area (Å²) in [5, 5.41) is 0. The molecule has 1 saturated heterocycles. The molecule has 2 aromatic rings. The summed E-state index contributed by atoms with van der Waals surface area (Å²) in [5.74, 6) is 0.678. The molecule has 5 heteroatoms. The van der Waals surface area contributed by atoms with Gasteiger partial charge in [-0.2, -0.15) is 0 Å². The van der Waals surface area contributed by atoms with Crippen molar-refractivity contribution in [2.45, 2.75) is 20.8 Å². The van der Waals surface area contributed by atoms with E-state index in [0.717, 1.165) is 28.1 Å². The minimum Gasteiger partial charge on any atom is -0.465 e. The van der Waals surface area contributed by atoms with E-state index in [9.17, 15) is 4.79 Å². The highest BCUT2D eigenvalue weighted by Crippen LogP contribution is 2.37. The number of furan rings is 1. The number of hydrogen-bond acceptors (Lipinski definition) is 4. The van der Waals surface area contributed by atoms with Crippen molar-refractivity contribution < 1.29 is 9.21 Å². The van der Waals surface area contributed by atoms with Crippen molar-refractivity contribution >= 4 is 46.0 Å². The number of anilines is 1. The van der Waals surface area contributed by atoms with E-state index in [2.05, 4.69) is 6.07 Å². The van der Waals surface area contributed by atoms with Crippen LogP contribution in [0.15, 0.2) is 57.6 Å². The molecular formula is C19H17NO2S2. The second kappa shape index (κ2) is 6.79. The van der Waals surface area contributed by atoms with E-state index in [1.54, 1.807) is 11.2 Å². The normalized spacial score (nSPS) is 17.2. The largest absolute Gasteiger partial charge is 0.465 e. The minimum absolute atomic E-state index is 0.0795. The number of amides is 1. The third-order valence-corrected chi connectivity index (χ3v) is 4.96. The van der Waals surface area contributed by atoms with Gasteiger partial charge in [-0.3, -0.25) is 9.69 Å². The van der Waals surface area contributed by atoms with E-state index < -0.39 is 0 Å². The molecule has 24 heavy (non-hydrogen) atoms. The van der Waals surface area contributed by atoms with Gasteiger partial charge in [0.2, 0.25) is 0 Å². The lowest BCUT2D eigenvalue weighted by molar-refractivity contribution is -0.113. The molecule has 2 heterocycles. The molecule has 0 radical (unpaired) electrons. The van der Waals surface area contributed by atoms with Crippen molar-refractivity contribution in [2.75, 3.05) is 4.90 Å². The van der Waals surface area contributed by atoms with Gasteiger partial charge in [0, 0.05) is 0 Å². The van der Waals surface area contributed by atoms with Crippen molar-refractivity contribution in [3.8, 4) is 0 Å². The molecule has 1 aliphatic rings. The molecule has 1 aromatic carbocycles. The molecule has 0 atom stereocenters. The predicted molar refractivity (Wildman–Crippen MR) is 104 cm³/mol. The number of thiocarbonyl (C=S) groups is 1. The highest BCUT2D eigenvalue weighted by molar-refractivity contribution is 8.27. The van der Waals surface area contributed by atoms with Crippen molar-refractivity contribution in [1.82, 2.24) is 0 Å². The molecule has 3 rings (SSSR count). The third kappa shape index (κ3) is 3.37. The number of benzene rings is 1. The van der Waals surface area contributed by atoms with Gasteiger partial charge in [0.25, 0.3) is 5.91 Å². The average Bonchev–Trinajstić information content (AvgIpc) is 3.10. The molecule has 0 N–H and O–H groups in total. The molecule has 0 saturated carbocycles. The lowest BCUT2D eigenvalue weighted by atomic mass is 10.1. The van der Waals surface area contributed by atoms with Crippen LogP contribution in [0.25, 0.3) is 6.08 Å². The van der Waals surface area contributed by atoms with Crippen molar-refractivity contribution in [1.29, 1.82) is 0 Å². The third-order valence-electron chi connectivity index (χ3n) is 3.66. The molecule has 0 bridgehead atoms. The fourth-order valence-electron chi connectivity index (χ4n) is 2.58. The van der Waals surface area contributed by atoms with Gasteiger partial charge in [-0.05, 0) is 62.3 Å². The first kappa shape index (κ1) is 16.7.